The molecule has 4 aromatic rings. The number of methoxy groups -OCH3 is 1. The highest BCUT2D eigenvalue weighted by Gasteiger charge is 2.29. The van der Waals surface area contributed by atoms with Gasteiger partial charge in [-0.25, -0.2) is 9.67 Å². The van der Waals surface area contributed by atoms with E-state index in [4.69, 9.17) is 26.4 Å². The number of hydrogen-bond acceptors (Lipinski definition) is 6. The average molecular weight is 522 g/mol. The van der Waals surface area contributed by atoms with Crippen LogP contribution in [0.4, 0.5) is 0 Å². The van der Waals surface area contributed by atoms with Gasteiger partial charge < -0.3 is 9.64 Å². The van der Waals surface area contributed by atoms with Crippen LogP contribution in [0.2, 0.25) is 5.02 Å². The fraction of sp³-hybridized carbons (Fsp3) is 0.333. The van der Waals surface area contributed by atoms with Gasteiger partial charge in [-0.15, -0.1) is 11.3 Å². The molecule has 0 radical (unpaired) electrons. The van der Waals surface area contributed by atoms with Gasteiger partial charge in [-0.05, 0) is 67.1 Å². The highest BCUT2D eigenvalue weighted by atomic mass is 35.5. The number of benzene rings is 1. The zero-order valence-corrected chi connectivity index (χ0v) is 21.9. The summed E-state index contributed by atoms with van der Waals surface area (Å²) in [5.41, 5.74) is 2.74. The van der Waals surface area contributed by atoms with Crippen LogP contribution in [0.1, 0.15) is 40.9 Å². The Morgan fingerprint density at radius 3 is 2.61 bits per heavy atom. The third-order valence-electron chi connectivity index (χ3n) is 6.66. The van der Waals surface area contributed by atoms with Gasteiger partial charge in [0, 0.05) is 36.1 Å². The molecule has 36 heavy (non-hydrogen) atoms. The number of aryl methyl sites for hydroxylation is 1. The van der Waals surface area contributed by atoms with Crippen molar-refractivity contribution in [2.75, 3.05) is 13.7 Å². The molecule has 1 saturated carbocycles. The molecule has 5 rings (SSSR count). The Bertz CT molecular complexity index is 1350. The van der Waals surface area contributed by atoms with Gasteiger partial charge in [-0.1, -0.05) is 24.4 Å². The quantitative estimate of drug-likeness (QED) is 0.279. The van der Waals surface area contributed by atoms with Crippen molar-refractivity contribution >= 4 is 28.8 Å². The van der Waals surface area contributed by atoms with Crippen molar-refractivity contribution in [3.8, 4) is 28.5 Å². The topological polar surface area (TPSA) is 73.1 Å². The van der Waals surface area contributed by atoms with Crippen molar-refractivity contribution in [1.82, 2.24) is 24.6 Å². The summed E-state index contributed by atoms with van der Waals surface area (Å²) in [6.07, 6.45) is 7.84. The summed E-state index contributed by atoms with van der Waals surface area (Å²) in [6, 6.07) is 11.6. The molecule has 9 heteroatoms. The number of carbonyl (C=O) groups is 1. The van der Waals surface area contributed by atoms with Crippen molar-refractivity contribution in [2.45, 2.75) is 45.2 Å². The fourth-order valence-corrected chi connectivity index (χ4v) is 5.87. The Balaban J connectivity index is 1.48. The van der Waals surface area contributed by atoms with Crippen LogP contribution < -0.4 is 4.74 Å². The number of aromatic nitrogens is 4. The Morgan fingerprint density at radius 1 is 1.17 bits per heavy atom. The van der Waals surface area contributed by atoms with Crippen molar-refractivity contribution in [3.05, 3.63) is 69.6 Å². The summed E-state index contributed by atoms with van der Waals surface area (Å²) in [5, 5.41) is 7.33. The van der Waals surface area contributed by atoms with E-state index < -0.39 is 0 Å². The number of pyridine rings is 1. The number of nitrogens with zero attached hydrogens (tertiary/aromatic N) is 5. The molecule has 1 aliphatic rings. The molecular formula is C27H28ClN5O2S. The van der Waals surface area contributed by atoms with E-state index in [1.807, 2.05) is 58.3 Å². The normalized spacial score (nSPS) is 13.8. The molecule has 0 N–H and O–H groups in total. The molecule has 3 aromatic heterocycles. The molecule has 1 aromatic carbocycles. The number of thiophene rings is 1. The van der Waals surface area contributed by atoms with E-state index >= 15 is 0 Å². The Kier molecular flexibility index (Phi) is 7.34. The molecular weight excluding hydrogens is 494 g/mol. The van der Waals surface area contributed by atoms with Crippen LogP contribution in [0.15, 0.2) is 54.2 Å². The van der Waals surface area contributed by atoms with Crippen LogP contribution in [-0.2, 0) is 6.54 Å². The summed E-state index contributed by atoms with van der Waals surface area (Å²) < 4.78 is 7.20. The zero-order valence-electron chi connectivity index (χ0n) is 20.4. The lowest BCUT2D eigenvalue weighted by atomic mass is 10.1. The number of amides is 1. The van der Waals surface area contributed by atoms with Crippen molar-refractivity contribution in [2.24, 2.45) is 0 Å². The lowest BCUT2D eigenvalue weighted by Gasteiger charge is -2.29. The maximum Gasteiger partial charge on any atom is 0.264 e. The molecule has 1 amide bonds. The third kappa shape index (κ3) is 5.01. The molecule has 186 valence electrons. The lowest BCUT2D eigenvalue weighted by molar-refractivity contribution is 0.0676. The average Bonchev–Trinajstić information content (AvgIpc) is 3.66. The Hall–Kier alpha value is -3.23. The first-order chi connectivity index (χ1) is 17.5. The fourth-order valence-electron chi connectivity index (χ4n) is 4.73. The van der Waals surface area contributed by atoms with E-state index in [1.165, 1.54) is 11.3 Å². The van der Waals surface area contributed by atoms with Crippen LogP contribution in [-0.4, -0.2) is 50.3 Å². The highest BCUT2D eigenvalue weighted by molar-refractivity contribution is 7.12. The van der Waals surface area contributed by atoms with Gasteiger partial charge in [0.15, 0.2) is 11.6 Å². The van der Waals surface area contributed by atoms with E-state index in [0.29, 0.717) is 35.5 Å². The van der Waals surface area contributed by atoms with Crippen LogP contribution in [0.25, 0.3) is 22.8 Å². The highest BCUT2D eigenvalue weighted by Crippen LogP contribution is 2.31. The number of ether oxygens (including phenoxy) is 1. The molecule has 3 heterocycles. The van der Waals surface area contributed by atoms with Gasteiger partial charge in [-0.3, -0.25) is 9.78 Å². The van der Waals surface area contributed by atoms with Crippen LogP contribution in [0.5, 0.6) is 5.75 Å². The van der Waals surface area contributed by atoms with E-state index in [-0.39, 0.29) is 11.9 Å². The Morgan fingerprint density at radius 2 is 1.94 bits per heavy atom. The molecule has 0 aliphatic heterocycles. The summed E-state index contributed by atoms with van der Waals surface area (Å²) >= 11 is 7.95. The maximum absolute atomic E-state index is 13.6. The first-order valence-electron chi connectivity index (χ1n) is 12.1. The number of carbonyl (C=O) groups excluding carboxylic acids is 1. The summed E-state index contributed by atoms with van der Waals surface area (Å²) in [7, 11) is 1.59. The standard InChI is InChI=1S/C27H28ClN5O2S/c1-18-11-16-36-24(18)27(34)32(21-5-3-4-6-21)14-15-33-26(20-7-8-23(35-2)22(28)17-20)30-25(31-33)19-9-12-29-13-10-19/h7-13,16-17,21H,3-6,14-15H2,1-2H3. The number of hydrogen-bond donors (Lipinski definition) is 0. The second-order valence-electron chi connectivity index (χ2n) is 8.94. The molecule has 0 saturated heterocycles. The van der Waals surface area contributed by atoms with Crippen LogP contribution in [0.3, 0.4) is 0 Å². The summed E-state index contributed by atoms with van der Waals surface area (Å²) in [6.45, 7) is 3.07. The Labute approximate surface area is 219 Å². The van der Waals surface area contributed by atoms with Gasteiger partial charge in [0.2, 0.25) is 0 Å². The minimum Gasteiger partial charge on any atom is -0.495 e. The van der Waals surface area contributed by atoms with Gasteiger partial charge in [0.25, 0.3) is 5.91 Å². The van der Waals surface area contributed by atoms with Crippen molar-refractivity contribution in [1.29, 1.82) is 0 Å². The maximum atomic E-state index is 13.6. The van der Waals surface area contributed by atoms with Crippen LogP contribution in [0, 0.1) is 6.92 Å². The second-order valence-corrected chi connectivity index (χ2v) is 10.3. The van der Waals surface area contributed by atoms with Crippen LogP contribution >= 0.6 is 22.9 Å². The lowest BCUT2D eigenvalue weighted by Crippen LogP contribution is -2.41. The first kappa shape index (κ1) is 24.5. The third-order valence-corrected chi connectivity index (χ3v) is 7.96. The van der Waals surface area contributed by atoms with Gasteiger partial charge in [-0.2, -0.15) is 5.10 Å². The molecule has 0 bridgehead atoms. The SMILES string of the molecule is COc1ccc(-c2nc(-c3ccncc3)nn2CCN(C(=O)c2sccc2C)C2CCCC2)cc1Cl. The zero-order chi connectivity index (χ0) is 25.1. The minimum atomic E-state index is 0.109. The largest absolute Gasteiger partial charge is 0.495 e. The molecule has 7 nitrogen and oxygen atoms in total. The van der Waals surface area contributed by atoms with E-state index in [0.717, 1.165) is 47.3 Å². The van der Waals surface area contributed by atoms with Crippen molar-refractivity contribution < 1.29 is 9.53 Å². The monoisotopic (exact) mass is 521 g/mol. The molecule has 0 atom stereocenters. The van der Waals surface area contributed by atoms with E-state index in [1.54, 1.807) is 19.5 Å². The van der Waals surface area contributed by atoms with E-state index in [2.05, 4.69) is 4.98 Å². The predicted molar refractivity (Wildman–Crippen MR) is 143 cm³/mol. The van der Waals surface area contributed by atoms with Crippen molar-refractivity contribution in [3.63, 3.8) is 0 Å². The van der Waals surface area contributed by atoms with Gasteiger partial charge >= 0.3 is 0 Å². The predicted octanol–water partition coefficient (Wildman–Crippen LogP) is 6.12. The molecule has 0 spiro atoms. The van der Waals surface area contributed by atoms with Gasteiger partial charge in [0.1, 0.15) is 5.75 Å². The van der Waals surface area contributed by atoms with E-state index in [9.17, 15) is 4.79 Å². The molecule has 1 aliphatic carbocycles. The molecule has 1 fully saturated rings. The smallest absolute Gasteiger partial charge is 0.264 e. The molecule has 0 unspecified atom stereocenters. The van der Waals surface area contributed by atoms with Gasteiger partial charge in [0.05, 0.1) is 23.6 Å². The number of halogens is 1. The number of rotatable bonds is 8. The second kappa shape index (κ2) is 10.8. The first-order valence-corrected chi connectivity index (χ1v) is 13.3. The minimum absolute atomic E-state index is 0.109. The summed E-state index contributed by atoms with van der Waals surface area (Å²) in [4.78, 5) is 25.4. The summed E-state index contributed by atoms with van der Waals surface area (Å²) in [5.74, 6) is 2.01.